The van der Waals surface area contributed by atoms with Crippen LogP contribution in [0.15, 0.2) is 24.3 Å². The molecule has 0 amide bonds. The zero-order valence-electron chi connectivity index (χ0n) is 9.52. The first kappa shape index (κ1) is 11.3. The van der Waals surface area contributed by atoms with Crippen LogP contribution in [0.2, 0.25) is 0 Å². The fraction of sp³-hybridized carbons (Fsp3) is 0.538. The van der Waals surface area contributed by atoms with Crippen LogP contribution >= 0.6 is 0 Å². The molecule has 2 N–H and O–H groups in total. The molecule has 16 heavy (non-hydrogen) atoms. The van der Waals surface area contributed by atoms with Crippen LogP contribution in [0, 0.1) is 0 Å². The molecule has 1 unspecified atom stereocenters. The molecule has 1 aromatic rings. The van der Waals surface area contributed by atoms with Gasteiger partial charge in [-0.15, -0.1) is 0 Å². The van der Waals surface area contributed by atoms with Gasteiger partial charge in [0, 0.05) is 12.3 Å². The Labute approximate surface area is 96.5 Å². The molecule has 1 aromatic carbocycles. The first-order chi connectivity index (χ1) is 7.84. The van der Waals surface area contributed by atoms with Crippen molar-refractivity contribution in [2.75, 3.05) is 18.9 Å². The van der Waals surface area contributed by atoms with Crippen molar-refractivity contribution in [2.24, 2.45) is 0 Å². The average Bonchev–Trinajstić information content (AvgIpc) is 2.80. The Bertz CT molecular complexity index is 304. The van der Waals surface area contributed by atoms with Crippen LogP contribution < -0.4 is 10.5 Å². The van der Waals surface area contributed by atoms with Crippen molar-refractivity contribution >= 4 is 5.69 Å². The van der Waals surface area contributed by atoms with Crippen molar-refractivity contribution < 1.29 is 9.47 Å². The molecule has 0 aromatic heterocycles. The van der Waals surface area contributed by atoms with Crippen LogP contribution in [-0.4, -0.2) is 19.3 Å². The minimum atomic E-state index is 0.468. The average molecular weight is 221 g/mol. The molecule has 2 rings (SSSR count). The maximum atomic E-state index is 5.61. The topological polar surface area (TPSA) is 44.5 Å². The molecule has 1 aliphatic heterocycles. The van der Waals surface area contributed by atoms with Gasteiger partial charge in [-0.05, 0) is 49.9 Å². The number of hydrogen-bond acceptors (Lipinski definition) is 3. The SMILES string of the molecule is Nc1ccc(OCCCC2CCCO2)cc1. The Kier molecular flexibility index (Phi) is 4.05. The van der Waals surface area contributed by atoms with Crippen molar-refractivity contribution in [1.82, 2.24) is 0 Å². The number of nitrogens with two attached hydrogens (primary N) is 1. The Morgan fingerprint density at radius 1 is 1.31 bits per heavy atom. The number of ether oxygens (including phenoxy) is 2. The minimum Gasteiger partial charge on any atom is -0.494 e. The van der Waals surface area contributed by atoms with Crippen LogP contribution in [0.4, 0.5) is 5.69 Å². The predicted octanol–water partition coefficient (Wildman–Crippen LogP) is 2.61. The lowest BCUT2D eigenvalue weighted by atomic mass is 10.1. The van der Waals surface area contributed by atoms with Gasteiger partial charge >= 0.3 is 0 Å². The molecule has 88 valence electrons. The van der Waals surface area contributed by atoms with Gasteiger partial charge in [0.05, 0.1) is 12.7 Å². The monoisotopic (exact) mass is 221 g/mol. The van der Waals surface area contributed by atoms with Gasteiger partial charge in [0.25, 0.3) is 0 Å². The van der Waals surface area contributed by atoms with Crippen molar-refractivity contribution in [3.05, 3.63) is 24.3 Å². The molecule has 0 saturated carbocycles. The molecule has 1 atom stereocenters. The van der Waals surface area contributed by atoms with E-state index in [2.05, 4.69) is 0 Å². The van der Waals surface area contributed by atoms with E-state index < -0.39 is 0 Å². The highest BCUT2D eigenvalue weighted by molar-refractivity contribution is 5.41. The maximum Gasteiger partial charge on any atom is 0.119 e. The van der Waals surface area contributed by atoms with Gasteiger partial charge in [0.1, 0.15) is 5.75 Å². The summed E-state index contributed by atoms with van der Waals surface area (Å²) in [6.45, 7) is 1.69. The lowest BCUT2D eigenvalue weighted by Gasteiger charge is -2.10. The molecule has 0 bridgehead atoms. The van der Waals surface area contributed by atoms with E-state index in [1.165, 1.54) is 12.8 Å². The second-order valence-corrected chi connectivity index (χ2v) is 4.19. The van der Waals surface area contributed by atoms with Gasteiger partial charge in [-0.3, -0.25) is 0 Å². The highest BCUT2D eigenvalue weighted by atomic mass is 16.5. The van der Waals surface area contributed by atoms with Gasteiger partial charge in [-0.2, -0.15) is 0 Å². The van der Waals surface area contributed by atoms with Crippen LogP contribution in [0.25, 0.3) is 0 Å². The van der Waals surface area contributed by atoms with E-state index in [1.807, 2.05) is 24.3 Å². The molecule has 1 heterocycles. The summed E-state index contributed by atoms with van der Waals surface area (Å²) >= 11 is 0. The van der Waals surface area contributed by atoms with Crippen LogP contribution in [0.1, 0.15) is 25.7 Å². The lowest BCUT2D eigenvalue weighted by Crippen LogP contribution is -2.07. The van der Waals surface area contributed by atoms with Crippen LogP contribution in [0.5, 0.6) is 5.75 Å². The van der Waals surface area contributed by atoms with E-state index in [9.17, 15) is 0 Å². The standard InChI is InChI=1S/C13H19NO2/c14-11-5-7-13(8-6-11)16-10-2-4-12-3-1-9-15-12/h5-8,12H,1-4,9-10,14H2. The number of benzene rings is 1. The summed E-state index contributed by atoms with van der Waals surface area (Å²) in [7, 11) is 0. The third-order valence-corrected chi connectivity index (χ3v) is 2.84. The number of rotatable bonds is 5. The summed E-state index contributed by atoms with van der Waals surface area (Å²) in [4.78, 5) is 0. The Morgan fingerprint density at radius 3 is 2.81 bits per heavy atom. The van der Waals surface area contributed by atoms with Gasteiger partial charge in [-0.1, -0.05) is 0 Å². The summed E-state index contributed by atoms with van der Waals surface area (Å²) in [6.07, 6.45) is 5.05. The predicted molar refractivity (Wildman–Crippen MR) is 64.6 cm³/mol. The lowest BCUT2D eigenvalue weighted by molar-refractivity contribution is 0.0981. The van der Waals surface area contributed by atoms with E-state index in [4.69, 9.17) is 15.2 Å². The summed E-state index contributed by atoms with van der Waals surface area (Å²) in [5.41, 5.74) is 6.36. The number of hydrogen-bond donors (Lipinski definition) is 1. The highest BCUT2D eigenvalue weighted by Gasteiger charge is 2.14. The Balaban J connectivity index is 1.62. The molecule has 3 heteroatoms. The maximum absolute atomic E-state index is 5.61. The molecule has 1 fully saturated rings. The van der Waals surface area contributed by atoms with E-state index in [0.29, 0.717) is 6.10 Å². The van der Waals surface area contributed by atoms with Crippen molar-refractivity contribution in [3.63, 3.8) is 0 Å². The Morgan fingerprint density at radius 2 is 2.12 bits per heavy atom. The van der Waals surface area contributed by atoms with Crippen molar-refractivity contribution in [3.8, 4) is 5.75 Å². The smallest absolute Gasteiger partial charge is 0.119 e. The van der Waals surface area contributed by atoms with Crippen molar-refractivity contribution in [1.29, 1.82) is 0 Å². The third-order valence-electron chi connectivity index (χ3n) is 2.84. The largest absolute Gasteiger partial charge is 0.494 e. The molecular weight excluding hydrogens is 202 g/mol. The molecule has 0 spiro atoms. The van der Waals surface area contributed by atoms with E-state index in [0.717, 1.165) is 37.5 Å². The van der Waals surface area contributed by atoms with Gasteiger partial charge in [0.2, 0.25) is 0 Å². The van der Waals surface area contributed by atoms with E-state index in [-0.39, 0.29) is 0 Å². The quantitative estimate of drug-likeness (QED) is 0.614. The highest BCUT2D eigenvalue weighted by Crippen LogP contribution is 2.18. The normalized spacial score (nSPS) is 19.9. The second-order valence-electron chi connectivity index (χ2n) is 4.19. The molecule has 3 nitrogen and oxygen atoms in total. The van der Waals surface area contributed by atoms with E-state index >= 15 is 0 Å². The molecule has 0 aliphatic carbocycles. The van der Waals surface area contributed by atoms with Crippen molar-refractivity contribution in [2.45, 2.75) is 31.8 Å². The van der Waals surface area contributed by atoms with Crippen LogP contribution in [0.3, 0.4) is 0 Å². The Hall–Kier alpha value is -1.22. The molecular formula is C13H19NO2. The molecule has 1 aliphatic rings. The number of anilines is 1. The zero-order valence-corrected chi connectivity index (χ0v) is 9.52. The molecule has 0 radical (unpaired) electrons. The first-order valence-corrected chi connectivity index (χ1v) is 5.94. The zero-order chi connectivity index (χ0) is 11.2. The summed E-state index contributed by atoms with van der Waals surface area (Å²) in [6, 6.07) is 7.52. The summed E-state index contributed by atoms with van der Waals surface area (Å²) < 4.78 is 11.2. The van der Waals surface area contributed by atoms with Gasteiger partial charge < -0.3 is 15.2 Å². The third kappa shape index (κ3) is 3.42. The van der Waals surface area contributed by atoms with Crippen LogP contribution in [-0.2, 0) is 4.74 Å². The van der Waals surface area contributed by atoms with Gasteiger partial charge in [0.15, 0.2) is 0 Å². The minimum absolute atomic E-state index is 0.468. The first-order valence-electron chi connectivity index (χ1n) is 5.94. The number of nitrogen functional groups attached to an aromatic ring is 1. The summed E-state index contributed by atoms with van der Waals surface area (Å²) in [5.74, 6) is 0.890. The van der Waals surface area contributed by atoms with Gasteiger partial charge in [-0.25, -0.2) is 0 Å². The summed E-state index contributed by atoms with van der Waals surface area (Å²) in [5, 5.41) is 0. The fourth-order valence-corrected chi connectivity index (χ4v) is 1.94. The second kappa shape index (κ2) is 5.75. The van der Waals surface area contributed by atoms with E-state index in [1.54, 1.807) is 0 Å². The fourth-order valence-electron chi connectivity index (χ4n) is 1.94. The molecule has 1 saturated heterocycles.